The predicted molar refractivity (Wildman–Crippen MR) is 69.3 cm³/mol. The molecular formula is C13H27NO. The molecule has 0 aliphatic carbocycles. The largest absolute Gasteiger partial charge is 0.385 e. The van der Waals surface area contributed by atoms with Crippen LogP contribution in [0.15, 0.2) is 24.8 Å². The molecule has 2 heteroatoms. The predicted octanol–water partition coefficient (Wildman–Crippen LogP) is 3.11. The fourth-order valence-electron chi connectivity index (χ4n) is 1.03. The highest BCUT2D eigenvalue weighted by atomic mass is 16.5. The summed E-state index contributed by atoms with van der Waals surface area (Å²) in [5.74, 6) is 0. The summed E-state index contributed by atoms with van der Waals surface area (Å²) in [7, 11) is 3.81. The van der Waals surface area contributed by atoms with Crippen molar-refractivity contribution < 1.29 is 4.74 Å². The zero-order valence-corrected chi connectivity index (χ0v) is 10.8. The molecule has 0 heterocycles. The van der Waals surface area contributed by atoms with Gasteiger partial charge in [-0.3, -0.25) is 0 Å². The first-order valence-electron chi connectivity index (χ1n) is 5.62. The van der Waals surface area contributed by atoms with Gasteiger partial charge in [-0.1, -0.05) is 25.2 Å². The lowest BCUT2D eigenvalue weighted by Gasteiger charge is -2.12. The third-order valence-corrected chi connectivity index (χ3v) is 1.80. The summed E-state index contributed by atoms with van der Waals surface area (Å²) in [6.45, 7) is 10.7. The first-order valence-corrected chi connectivity index (χ1v) is 5.62. The maximum absolute atomic E-state index is 4.92. The Kier molecular flexibility index (Phi) is 17.8. The molecule has 0 radical (unpaired) electrons. The molecule has 0 rings (SSSR count). The summed E-state index contributed by atoms with van der Waals surface area (Å²) >= 11 is 0. The van der Waals surface area contributed by atoms with Crippen LogP contribution in [0.5, 0.6) is 0 Å². The van der Waals surface area contributed by atoms with Gasteiger partial charge >= 0.3 is 0 Å². The van der Waals surface area contributed by atoms with Gasteiger partial charge in [0.1, 0.15) is 0 Å². The van der Waals surface area contributed by atoms with Crippen molar-refractivity contribution in [1.29, 1.82) is 0 Å². The van der Waals surface area contributed by atoms with Gasteiger partial charge in [-0.2, -0.15) is 0 Å². The maximum atomic E-state index is 4.92. The van der Waals surface area contributed by atoms with Crippen molar-refractivity contribution in [2.75, 3.05) is 33.9 Å². The summed E-state index contributed by atoms with van der Waals surface area (Å²) in [5, 5.41) is 0. The molecule has 0 aliphatic rings. The number of likely N-dealkylation sites (N-methyl/N-ethyl adjacent to an activating group) is 1. The SMILES string of the molecule is C/C=C\CC.C=CCN(C)CCCOC. The fraction of sp³-hybridized carbons (Fsp3) is 0.692. The number of allylic oxidation sites excluding steroid dienone is 2. The van der Waals surface area contributed by atoms with Crippen molar-refractivity contribution in [3.63, 3.8) is 0 Å². The third-order valence-electron chi connectivity index (χ3n) is 1.80. The molecule has 15 heavy (non-hydrogen) atoms. The topological polar surface area (TPSA) is 12.5 Å². The van der Waals surface area contributed by atoms with E-state index < -0.39 is 0 Å². The summed E-state index contributed by atoms with van der Waals surface area (Å²) in [5.41, 5.74) is 0. The lowest BCUT2D eigenvalue weighted by Crippen LogP contribution is -2.20. The number of methoxy groups -OCH3 is 1. The normalized spacial score (nSPS) is 10.2. The van der Waals surface area contributed by atoms with Gasteiger partial charge in [0.2, 0.25) is 0 Å². The molecule has 0 amide bonds. The van der Waals surface area contributed by atoms with Gasteiger partial charge in [0.15, 0.2) is 0 Å². The van der Waals surface area contributed by atoms with Gasteiger partial charge in [-0.05, 0) is 26.8 Å². The van der Waals surface area contributed by atoms with Crippen LogP contribution in [0.1, 0.15) is 26.7 Å². The first-order chi connectivity index (χ1) is 7.22. The molecule has 0 atom stereocenters. The Labute approximate surface area is 95.6 Å². The molecule has 0 saturated heterocycles. The van der Waals surface area contributed by atoms with Gasteiger partial charge < -0.3 is 9.64 Å². The summed E-state index contributed by atoms with van der Waals surface area (Å²) in [6.07, 6.45) is 8.35. The van der Waals surface area contributed by atoms with E-state index in [-0.39, 0.29) is 0 Å². The average Bonchev–Trinajstić information content (AvgIpc) is 2.21. The lowest BCUT2D eigenvalue weighted by molar-refractivity contribution is 0.182. The quantitative estimate of drug-likeness (QED) is 0.476. The van der Waals surface area contributed by atoms with E-state index in [1.54, 1.807) is 7.11 Å². The molecule has 0 N–H and O–H groups in total. The Hall–Kier alpha value is -0.600. The minimum absolute atomic E-state index is 0.849. The molecule has 90 valence electrons. The Morgan fingerprint density at radius 1 is 1.40 bits per heavy atom. The van der Waals surface area contributed by atoms with Crippen LogP contribution in [-0.2, 0) is 4.74 Å². The third kappa shape index (κ3) is 19.7. The van der Waals surface area contributed by atoms with E-state index in [0.29, 0.717) is 0 Å². The second-order valence-corrected chi connectivity index (χ2v) is 3.37. The van der Waals surface area contributed by atoms with E-state index in [0.717, 1.165) is 32.5 Å². The van der Waals surface area contributed by atoms with Crippen LogP contribution in [0.3, 0.4) is 0 Å². The van der Waals surface area contributed by atoms with E-state index in [9.17, 15) is 0 Å². The number of hydrogen-bond acceptors (Lipinski definition) is 2. The molecule has 0 aromatic heterocycles. The van der Waals surface area contributed by atoms with Crippen molar-refractivity contribution in [2.24, 2.45) is 0 Å². The van der Waals surface area contributed by atoms with E-state index in [2.05, 4.69) is 37.6 Å². The molecule has 0 unspecified atom stereocenters. The number of nitrogens with zero attached hydrogens (tertiary/aromatic N) is 1. The van der Waals surface area contributed by atoms with Crippen LogP contribution in [0.25, 0.3) is 0 Å². The highest BCUT2D eigenvalue weighted by Gasteiger charge is 1.92. The Bertz CT molecular complexity index is 143. The summed E-state index contributed by atoms with van der Waals surface area (Å²) in [4.78, 5) is 2.21. The summed E-state index contributed by atoms with van der Waals surface area (Å²) < 4.78 is 4.92. The van der Waals surface area contributed by atoms with Gasteiger partial charge in [0, 0.05) is 26.8 Å². The van der Waals surface area contributed by atoms with Crippen molar-refractivity contribution in [3.8, 4) is 0 Å². The van der Waals surface area contributed by atoms with Gasteiger partial charge in [-0.25, -0.2) is 0 Å². The van der Waals surface area contributed by atoms with Crippen LogP contribution >= 0.6 is 0 Å². The summed E-state index contributed by atoms with van der Waals surface area (Å²) in [6, 6.07) is 0. The second kappa shape index (κ2) is 15.9. The number of ether oxygens (including phenoxy) is 1. The lowest BCUT2D eigenvalue weighted by atomic mass is 10.4. The zero-order valence-electron chi connectivity index (χ0n) is 10.8. The monoisotopic (exact) mass is 213 g/mol. The minimum Gasteiger partial charge on any atom is -0.385 e. The van der Waals surface area contributed by atoms with Gasteiger partial charge in [-0.15, -0.1) is 6.58 Å². The second-order valence-electron chi connectivity index (χ2n) is 3.37. The van der Waals surface area contributed by atoms with Crippen LogP contribution in [0, 0.1) is 0 Å². The first kappa shape index (κ1) is 16.8. The van der Waals surface area contributed by atoms with E-state index in [1.807, 2.05) is 13.0 Å². The van der Waals surface area contributed by atoms with Crippen LogP contribution in [0.4, 0.5) is 0 Å². The molecule has 2 nitrogen and oxygen atoms in total. The molecule has 0 fully saturated rings. The Balaban J connectivity index is 0. The Morgan fingerprint density at radius 2 is 2.07 bits per heavy atom. The van der Waals surface area contributed by atoms with E-state index in [1.165, 1.54) is 0 Å². The van der Waals surface area contributed by atoms with Crippen LogP contribution < -0.4 is 0 Å². The average molecular weight is 213 g/mol. The highest BCUT2D eigenvalue weighted by molar-refractivity contribution is 4.73. The molecule has 0 aromatic rings. The minimum atomic E-state index is 0.849. The van der Waals surface area contributed by atoms with Gasteiger partial charge in [0.25, 0.3) is 0 Å². The van der Waals surface area contributed by atoms with E-state index >= 15 is 0 Å². The van der Waals surface area contributed by atoms with Crippen LogP contribution in [0.2, 0.25) is 0 Å². The molecule has 0 aromatic carbocycles. The fourth-order valence-corrected chi connectivity index (χ4v) is 1.03. The molecule has 0 spiro atoms. The van der Waals surface area contributed by atoms with Gasteiger partial charge in [0.05, 0.1) is 0 Å². The van der Waals surface area contributed by atoms with Crippen molar-refractivity contribution >= 4 is 0 Å². The Morgan fingerprint density at radius 3 is 2.40 bits per heavy atom. The molecule has 0 aliphatic heterocycles. The molecular weight excluding hydrogens is 186 g/mol. The van der Waals surface area contributed by atoms with E-state index in [4.69, 9.17) is 4.74 Å². The molecule has 0 bridgehead atoms. The molecule has 0 saturated carbocycles. The van der Waals surface area contributed by atoms with Crippen LogP contribution in [-0.4, -0.2) is 38.8 Å². The maximum Gasteiger partial charge on any atom is 0.0474 e. The zero-order chi connectivity index (χ0) is 11.9. The standard InChI is InChI=1S/C8H17NO.C5H10/c1-4-6-9(2)7-5-8-10-3;1-3-5-4-2/h4H,1,5-8H2,2-3H3;3,5H,4H2,1-2H3/b;5-3-. The number of rotatable bonds is 7. The highest BCUT2D eigenvalue weighted by Crippen LogP contribution is 1.86. The smallest absolute Gasteiger partial charge is 0.0474 e. The van der Waals surface area contributed by atoms with Crippen molar-refractivity contribution in [1.82, 2.24) is 4.90 Å². The number of hydrogen-bond donors (Lipinski definition) is 0. The van der Waals surface area contributed by atoms with Crippen molar-refractivity contribution in [3.05, 3.63) is 24.8 Å². The van der Waals surface area contributed by atoms with Crippen molar-refractivity contribution in [2.45, 2.75) is 26.7 Å².